The Morgan fingerprint density at radius 2 is 2.06 bits per heavy atom. The summed E-state index contributed by atoms with van der Waals surface area (Å²) in [5, 5.41) is 4.71. The lowest BCUT2D eigenvalue weighted by atomic mass is 10.1. The smallest absolute Gasteiger partial charge is 0.0947 e. The van der Waals surface area contributed by atoms with Gasteiger partial charge < -0.3 is 10.1 Å². The molecule has 0 radical (unpaired) electrons. The first-order chi connectivity index (χ1) is 8.12. The van der Waals surface area contributed by atoms with Gasteiger partial charge in [-0.1, -0.05) is 13.8 Å². The summed E-state index contributed by atoms with van der Waals surface area (Å²) in [5.74, 6) is 0. The lowest BCUT2D eigenvalue weighted by molar-refractivity contribution is 0.0658. The van der Waals surface area contributed by atoms with Crippen molar-refractivity contribution in [3.8, 4) is 0 Å². The Kier molecular flexibility index (Phi) is 6.09. The summed E-state index contributed by atoms with van der Waals surface area (Å²) < 4.78 is 5.54. The SMILES string of the molecule is CCNC(Cc1nc(C)c(C)s1)C(CC)OC. The molecule has 0 spiro atoms. The van der Waals surface area contributed by atoms with Gasteiger partial charge in [-0.2, -0.15) is 0 Å². The summed E-state index contributed by atoms with van der Waals surface area (Å²) in [6.45, 7) is 9.47. The zero-order valence-electron chi connectivity index (χ0n) is 11.5. The third-order valence-electron chi connectivity index (χ3n) is 3.09. The number of likely N-dealkylation sites (N-methyl/N-ethyl adjacent to an activating group) is 1. The summed E-state index contributed by atoms with van der Waals surface area (Å²) in [6, 6.07) is 0.361. The maximum atomic E-state index is 5.54. The molecular weight excluding hydrogens is 232 g/mol. The summed E-state index contributed by atoms with van der Waals surface area (Å²) in [7, 11) is 1.79. The van der Waals surface area contributed by atoms with Gasteiger partial charge in [-0.05, 0) is 26.8 Å². The van der Waals surface area contributed by atoms with Gasteiger partial charge >= 0.3 is 0 Å². The molecule has 1 rings (SSSR count). The van der Waals surface area contributed by atoms with Crippen LogP contribution in [0.5, 0.6) is 0 Å². The fourth-order valence-electron chi connectivity index (χ4n) is 2.03. The zero-order chi connectivity index (χ0) is 12.8. The minimum Gasteiger partial charge on any atom is -0.380 e. The van der Waals surface area contributed by atoms with Crippen LogP contribution in [0.3, 0.4) is 0 Å². The number of nitrogens with zero attached hydrogens (tertiary/aromatic N) is 1. The van der Waals surface area contributed by atoms with Crippen molar-refractivity contribution < 1.29 is 4.74 Å². The highest BCUT2D eigenvalue weighted by atomic mass is 32.1. The van der Waals surface area contributed by atoms with Crippen LogP contribution in [0.25, 0.3) is 0 Å². The number of methoxy groups -OCH3 is 1. The lowest BCUT2D eigenvalue weighted by Crippen LogP contribution is -2.42. The van der Waals surface area contributed by atoms with Crippen molar-refractivity contribution in [1.82, 2.24) is 10.3 Å². The van der Waals surface area contributed by atoms with Crippen LogP contribution in [-0.4, -0.2) is 30.8 Å². The molecule has 3 nitrogen and oxygen atoms in total. The molecule has 0 aliphatic heterocycles. The molecule has 0 bridgehead atoms. The second-order valence-corrected chi connectivity index (χ2v) is 5.59. The van der Waals surface area contributed by atoms with Gasteiger partial charge in [0.1, 0.15) is 0 Å². The maximum absolute atomic E-state index is 5.54. The Labute approximate surface area is 109 Å². The summed E-state index contributed by atoms with van der Waals surface area (Å²) in [6.07, 6.45) is 2.25. The second kappa shape index (κ2) is 7.09. The van der Waals surface area contributed by atoms with Crippen LogP contribution >= 0.6 is 11.3 Å². The van der Waals surface area contributed by atoms with E-state index >= 15 is 0 Å². The molecule has 2 unspecified atom stereocenters. The fraction of sp³-hybridized carbons (Fsp3) is 0.769. The van der Waals surface area contributed by atoms with Crippen molar-refractivity contribution in [2.24, 2.45) is 0 Å². The van der Waals surface area contributed by atoms with Crippen molar-refractivity contribution in [3.63, 3.8) is 0 Å². The van der Waals surface area contributed by atoms with Crippen molar-refractivity contribution >= 4 is 11.3 Å². The van der Waals surface area contributed by atoms with E-state index < -0.39 is 0 Å². The van der Waals surface area contributed by atoms with E-state index in [0.717, 1.165) is 25.1 Å². The first-order valence-electron chi connectivity index (χ1n) is 6.31. The Balaban J connectivity index is 2.71. The molecule has 0 aliphatic rings. The molecule has 0 saturated carbocycles. The number of aryl methyl sites for hydroxylation is 2. The molecule has 1 heterocycles. The van der Waals surface area contributed by atoms with E-state index in [1.165, 1.54) is 9.88 Å². The molecule has 2 atom stereocenters. The van der Waals surface area contributed by atoms with Crippen LogP contribution < -0.4 is 5.32 Å². The number of ether oxygens (including phenoxy) is 1. The Hall–Kier alpha value is -0.450. The molecule has 0 aromatic carbocycles. The number of rotatable bonds is 7. The third-order valence-corrected chi connectivity index (χ3v) is 4.18. The van der Waals surface area contributed by atoms with Crippen molar-refractivity contribution in [1.29, 1.82) is 0 Å². The van der Waals surface area contributed by atoms with Crippen molar-refractivity contribution in [2.75, 3.05) is 13.7 Å². The normalized spacial score (nSPS) is 14.9. The highest BCUT2D eigenvalue weighted by Crippen LogP contribution is 2.19. The van der Waals surface area contributed by atoms with Crippen molar-refractivity contribution in [3.05, 3.63) is 15.6 Å². The third kappa shape index (κ3) is 4.05. The first-order valence-corrected chi connectivity index (χ1v) is 7.13. The van der Waals surface area contributed by atoms with E-state index in [0.29, 0.717) is 6.04 Å². The Morgan fingerprint density at radius 1 is 1.35 bits per heavy atom. The van der Waals surface area contributed by atoms with E-state index in [1.54, 1.807) is 18.4 Å². The van der Waals surface area contributed by atoms with Gasteiger partial charge in [0.25, 0.3) is 0 Å². The van der Waals surface area contributed by atoms with Gasteiger partial charge in [0, 0.05) is 24.4 Å². The topological polar surface area (TPSA) is 34.2 Å². The number of hydrogen-bond donors (Lipinski definition) is 1. The minimum absolute atomic E-state index is 0.263. The molecule has 0 fully saturated rings. The molecule has 1 N–H and O–H groups in total. The van der Waals surface area contributed by atoms with Gasteiger partial charge in [0.2, 0.25) is 0 Å². The largest absolute Gasteiger partial charge is 0.380 e. The van der Waals surface area contributed by atoms with E-state index in [9.17, 15) is 0 Å². The molecule has 17 heavy (non-hydrogen) atoms. The predicted molar refractivity (Wildman–Crippen MR) is 73.8 cm³/mol. The highest BCUT2D eigenvalue weighted by Gasteiger charge is 2.20. The molecule has 1 aromatic rings. The van der Waals surface area contributed by atoms with Crippen LogP contribution in [0.15, 0.2) is 0 Å². The molecule has 98 valence electrons. The number of thiazole rings is 1. The highest BCUT2D eigenvalue weighted by molar-refractivity contribution is 7.11. The predicted octanol–water partition coefficient (Wildman–Crippen LogP) is 2.71. The summed E-state index contributed by atoms with van der Waals surface area (Å²) in [4.78, 5) is 5.93. The van der Waals surface area contributed by atoms with Gasteiger partial charge in [0.05, 0.1) is 16.8 Å². The zero-order valence-corrected chi connectivity index (χ0v) is 12.4. The van der Waals surface area contributed by atoms with Gasteiger partial charge in [-0.25, -0.2) is 4.98 Å². The monoisotopic (exact) mass is 256 g/mol. The number of aromatic nitrogens is 1. The van der Waals surface area contributed by atoms with Gasteiger partial charge in [-0.15, -0.1) is 11.3 Å². The molecular formula is C13H24N2OS. The average Bonchev–Trinajstić information content (AvgIpc) is 2.60. The van der Waals surface area contributed by atoms with Crippen LogP contribution in [-0.2, 0) is 11.2 Å². The second-order valence-electron chi connectivity index (χ2n) is 4.30. The molecule has 0 amide bonds. The summed E-state index contributed by atoms with van der Waals surface area (Å²) >= 11 is 1.80. The van der Waals surface area contributed by atoms with Gasteiger partial charge in [0.15, 0.2) is 0 Å². The van der Waals surface area contributed by atoms with E-state index in [-0.39, 0.29) is 6.10 Å². The quantitative estimate of drug-likeness (QED) is 0.814. The number of nitrogens with one attached hydrogen (secondary N) is 1. The van der Waals surface area contributed by atoms with Gasteiger partial charge in [-0.3, -0.25) is 0 Å². The van der Waals surface area contributed by atoms with Crippen LogP contribution in [0, 0.1) is 13.8 Å². The lowest BCUT2D eigenvalue weighted by Gasteiger charge is -2.25. The standard InChI is InChI=1S/C13H24N2OS/c1-6-12(16-5)11(14-7-2)8-13-15-9(3)10(4)17-13/h11-12,14H,6-8H2,1-5H3. The molecule has 0 aliphatic carbocycles. The van der Waals surface area contributed by atoms with E-state index in [2.05, 4.69) is 38.0 Å². The Morgan fingerprint density at radius 3 is 2.47 bits per heavy atom. The van der Waals surface area contributed by atoms with E-state index in [4.69, 9.17) is 4.74 Å². The van der Waals surface area contributed by atoms with Crippen molar-refractivity contribution in [2.45, 2.75) is 52.7 Å². The molecule has 0 saturated heterocycles. The van der Waals surface area contributed by atoms with E-state index in [1.807, 2.05) is 0 Å². The molecule has 1 aromatic heterocycles. The minimum atomic E-state index is 0.263. The van der Waals surface area contributed by atoms with Crippen LogP contribution in [0.1, 0.15) is 35.8 Å². The fourth-order valence-corrected chi connectivity index (χ4v) is 3.02. The molecule has 4 heteroatoms. The first kappa shape index (κ1) is 14.6. The Bertz CT molecular complexity index is 315. The maximum Gasteiger partial charge on any atom is 0.0947 e. The van der Waals surface area contributed by atoms with Crippen LogP contribution in [0.4, 0.5) is 0 Å². The number of hydrogen-bond acceptors (Lipinski definition) is 4. The average molecular weight is 256 g/mol. The summed E-state index contributed by atoms with van der Waals surface area (Å²) in [5.41, 5.74) is 1.16. The van der Waals surface area contributed by atoms with Crippen LogP contribution in [0.2, 0.25) is 0 Å².